The van der Waals surface area contributed by atoms with E-state index in [1.54, 1.807) is 0 Å². The predicted octanol–water partition coefficient (Wildman–Crippen LogP) is 1.39. The molecule has 1 fully saturated rings. The van der Waals surface area contributed by atoms with Gasteiger partial charge in [0.1, 0.15) is 11.7 Å². The van der Waals surface area contributed by atoms with Crippen LogP contribution in [0, 0.1) is 5.92 Å². The number of hydrogen-bond acceptors (Lipinski definition) is 4. The first-order chi connectivity index (χ1) is 7.99. The minimum Gasteiger partial charge on any atom is -0.456 e. The Morgan fingerprint density at radius 1 is 1.65 bits per heavy atom. The molecule has 96 valence electrons. The third kappa shape index (κ3) is 2.00. The fourth-order valence-corrected chi connectivity index (χ4v) is 3.11. The molecule has 1 aliphatic heterocycles. The van der Waals surface area contributed by atoms with Crippen molar-refractivity contribution in [2.24, 2.45) is 11.7 Å². The molecule has 0 amide bonds. The monoisotopic (exact) mass is 239 g/mol. The van der Waals surface area contributed by atoms with Crippen LogP contribution in [-0.2, 0) is 14.3 Å². The summed E-state index contributed by atoms with van der Waals surface area (Å²) in [6, 6.07) is -0.131. The van der Waals surface area contributed by atoms with Crippen molar-refractivity contribution < 1.29 is 14.3 Å². The molecule has 0 aromatic carbocycles. The Morgan fingerprint density at radius 3 is 3.00 bits per heavy atom. The zero-order valence-corrected chi connectivity index (χ0v) is 10.7. The zero-order chi connectivity index (χ0) is 12.6. The lowest BCUT2D eigenvalue weighted by molar-refractivity contribution is -0.198. The molecule has 0 saturated carbocycles. The molecule has 17 heavy (non-hydrogen) atoms. The summed E-state index contributed by atoms with van der Waals surface area (Å²) in [5, 5.41) is 0. The van der Waals surface area contributed by atoms with Crippen LogP contribution in [0.5, 0.6) is 0 Å². The molecule has 0 aromatic rings. The summed E-state index contributed by atoms with van der Waals surface area (Å²) < 4.78 is 11.4. The molecule has 1 heterocycles. The third-order valence-corrected chi connectivity index (χ3v) is 3.95. The highest BCUT2D eigenvalue weighted by Crippen LogP contribution is 2.43. The summed E-state index contributed by atoms with van der Waals surface area (Å²) in [5.41, 5.74) is 6.61. The Balaban J connectivity index is 2.34. The minimum absolute atomic E-state index is 0.131. The first-order valence-electron chi connectivity index (χ1n) is 6.24. The number of allylic oxidation sites excluding steroid dienone is 1. The summed E-state index contributed by atoms with van der Waals surface area (Å²) in [6.07, 6.45) is 3.17. The fraction of sp³-hybridized carbons (Fsp3) is 0.769. The van der Waals surface area contributed by atoms with E-state index in [0.29, 0.717) is 13.0 Å². The van der Waals surface area contributed by atoms with E-state index in [4.69, 9.17) is 15.2 Å². The SMILES string of the molecule is CCO[C@@H]1C(C)=CC[C@@H]2[C@@H](N)CC(=O)O[C@@]12C. The number of ether oxygens (including phenoxy) is 2. The number of carbonyl (C=O) groups excluding carboxylic acids is 1. The van der Waals surface area contributed by atoms with E-state index in [-0.39, 0.29) is 24.0 Å². The summed E-state index contributed by atoms with van der Waals surface area (Å²) >= 11 is 0. The van der Waals surface area contributed by atoms with Gasteiger partial charge < -0.3 is 15.2 Å². The number of carbonyl (C=O) groups is 1. The molecule has 0 aromatic heterocycles. The van der Waals surface area contributed by atoms with Crippen molar-refractivity contribution >= 4 is 5.97 Å². The maximum atomic E-state index is 11.6. The lowest BCUT2D eigenvalue weighted by atomic mass is 9.69. The molecular weight excluding hydrogens is 218 g/mol. The molecule has 0 unspecified atom stereocenters. The lowest BCUT2D eigenvalue weighted by Crippen LogP contribution is -2.61. The summed E-state index contributed by atoms with van der Waals surface area (Å²) in [7, 11) is 0. The van der Waals surface area contributed by atoms with E-state index >= 15 is 0 Å². The van der Waals surface area contributed by atoms with Gasteiger partial charge in [-0.25, -0.2) is 0 Å². The summed E-state index contributed by atoms with van der Waals surface area (Å²) in [4.78, 5) is 11.6. The number of nitrogens with two attached hydrogens (primary N) is 1. The quantitative estimate of drug-likeness (QED) is 0.584. The van der Waals surface area contributed by atoms with E-state index in [2.05, 4.69) is 6.08 Å². The van der Waals surface area contributed by atoms with Gasteiger partial charge in [0.2, 0.25) is 0 Å². The van der Waals surface area contributed by atoms with Crippen LogP contribution in [0.1, 0.15) is 33.6 Å². The van der Waals surface area contributed by atoms with Crippen molar-refractivity contribution in [1.82, 2.24) is 0 Å². The Kier molecular flexibility index (Phi) is 3.27. The maximum absolute atomic E-state index is 11.6. The molecule has 2 N–H and O–H groups in total. The van der Waals surface area contributed by atoms with Crippen molar-refractivity contribution in [2.75, 3.05) is 6.61 Å². The van der Waals surface area contributed by atoms with E-state index in [9.17, 15) is 4.79 Å². The third-order valence-electron chi connectivity index (χ3n) is 3.95. The van der Waals surface area contributed by atoms with Crippen LogP contribution in [-0.4, -0.2) is 30.3 Å². The van der Waals surface area contributed by atoms with Crippen LogP contribution in [0.25, 0.3) is 0 Å². The lowest BCUT2D eigenvalue weighted by Gasteiger charge is -2.50. The van der Waals surface area contributed by atoms with Gasteiger partial charge in [-0.15, -0.1) is 0 Å². The number of rotatable bonds is 2. The second-order valence-corrected chi connectivity index (χ2v) is 5.15. The Labute approximate surface area is 102 Å². The topological polar surface area (TPSA) is 61.5 Å². The molecule has 4 atom stereocenters. The van der Waals surface area contributed by atoms with Gasteiger partial charge in [-0.2, -0.15) is 0 Å². The van der Waals surface area contributed by atoms with Gasteiger partial charge in [-0.05, 0) is 32.8 Å². The van der Waals surface area contributed by atoms with Crippen LogP contribution in [0.4, 0.5) is 0 Å². The number of esters is 1. The van der Waals surface area contributed by atoms with Crippen LogP contribution in [0.15, 0.2) is 11.6 Å². The molecule has 4 nitrogen and oxygen atoms in total. The highest BCUT2D eigenvalue weighted by Gasteiger charge is 2.53. The van der Waals surface area contributed by atoms with Gasteiger partial charge in [0.25, 0.3) is 0 Å². The molecule has 0 radical (unpaired) electrons. The van der Waals surface area contributed by atoms with Gasteiger partial charge in [0.05, 0.1) is 6.42 Å². The first kappa shape index (κ1) is 12.6. The maximum Gasteiger partial charge on any atom is 0.308 e. The second-order valence-electron chi connectivity index (χ2n) is 5.15. The van der Waals surface area contributed by atoms with Gasteiger partial charge in [-0.1, -0.05) is 6.08 Å². The van der Waals surface area contributed by atoms with Crippen LogP contribution in [0.2, 0.25) is 0 Å². The average molecular weight is 239 g/mol. The summed E-state index contributed by atoms with van der Waals surface area (Å²) in [6.45, 7) is 6.52. The zero-order valence-electron chi connectivity index (χ0n) is 10.7. The fourth-order valence-electron chi connectivity index (χ4n) is 3.11. The highest BCUT2D eigenvalue weighted by molar-refractivity contribution is 5.72. The number of fused-ring (bicyclic) bond motifs is 1. The minimum atomic E-state index is -0.608. The smallest absolute Gasteiger partial charge is 0.308 e. The highest BCUT2D eigenvalue weighted by atomic mass is 16.6. The first-order valence-corrected chi connectivity index (χ1v) is 6.24. The summed E-state index contributed by atoms with van der Waals surface area (Å²) in [5.74, 6) is -0.0592. The molecule has 1 aliphatic carbocycles. The van der Waals surface area contributed by atoms with Gasteiger partial charge in [-0.3, -0.25) is 4.79 Å². The number of hydrogen-bond donors (Lipinski definition) is 1. The molecule has 2 aliphatic rings. The van der Waals surface area contributed by atoms with Crippen LogP contribution >= 0.6 is 0 Å². The molecule has 0 bridgehead atoms. The molecule has 0 spiro atoms. The molecule has 4 heteroatoms. The van der Waals surface area contributed by atoms with Crippen LogP contribution in [0.3, 0.4) is 0 Å². The van der Waals surface area contributed by atoms with Crippen molar-refractivity contribution in [3.8, 4) is 0 Å². The Hall–Kier alpha value is -0.870. The standard InChI is InChI=1S/C13H21NO3/c1-4-16-12-8(2)5-6-9-10(14)7-11(15)17-13(9,12)3/h5,9-10,12H,4,6-7,14H2,1-3H3/t9-,10+,12-,13-/m1/s1. The van der Waals surface area contributed by atoms with E-state index < -0.39 is 5.60 Å². The molecular formula is C13H21NO3. The van der Waals surface area contributed by atoms with Crippen molar-refractivity contribution in [2.45, 2.75) is 51.4 Å². The predicted molar refractivity (Wildman–Crippen MR) is 64.4 cm³/mol. The van der Waals surface area contributed by atoms with Crippen molar-refractivity contribution in [3.05, 3.63) is 11.6 Å². The Bertz CT molecular complexity index is 353. The van der Waals surface area contributed by atoms with Crippen LogP contribution < -0.4 is 5.73 Å². The molecule has 2 rings (SSSR count). The largest absolute Gasteiger partial charge is 0.456 e. The van der Waals surface area contributed by atoms with Crippen molar-refractivity contribution in [1.29, 1.82) is 0 Å². The second kappa shape index (κ2) is 4.42. The molecule has 1 saturated heterocycles. The van der Waals surface area contributed by atoms with E-state index in [1.165, 1.54) is 0 Å². The average Bonchev–Trinajstić information content (AvgIpc) is 2.22. The normalized spacial score (nSPS) is 41.5. The van der Waals surface area contributed by atoms with Crippen molar-refractivity contribution in [3.63, 3.8) is 0 Å². The van der Waals surface area contributed by atoms with E-state index in [0.717, 1.165) is 12.0 Å². The van der Waals surface area contributed by atoms with Gasteiger partial charge in [0.15, 0.2) is 0 Å². The van der Waals surface area contributed by atoms with Gasteiger partial charge >= 0.3 is 5.97 Å². The van der Waals surface area contributed by atoms with Gasteiger partial charge in [0, 0.05) is 18.6 Å². The Morgan fingerprint density at radius 2 is 2.35 bits per heavy atom. The van der Waals surface area contributed by atoms with E-state index in [1.807, 2.05) is 20.8 Å².